The molecule has 0 atom stereocenters. The standard InChI is InChI=1S/C13H10FN3O5/c1-7(18)15-10-6-8(2-3-9(10)14)16-13(19)11-4-5-12(22-11)17(20)21/h2-6H,1H3,(H,15,18)(H,16,19). The average molecular weight is 307 g/mol. The number of halogens is 1. The van der Waals surface area contributed by atoms with E-state index in [0.717, 1.165) is 18.2 Å². The molecule has 0 spiro atoms. The molecular formula is C13H10FN3O5. The highest BCUT2D eigenvalue weighted by Gasteiger charge is 2.17. The van der Waals surface area contributed by atoms with Crippen LogP contribution in [0.25, 0.3) is 0 Å². The third-order valence-corrected chi connectivity index (χ3v) is 2.53. The second-order valence-corrected chi connectivity index (χ2v) is 4.22. The van der Waals surface area contributed by atoms with E-state index in [1.54, 1.807) is 0 Å². The molecule has 2 rings (SSSR count). The van der Waals surface area contributed by atoms with Crippen molar-refractivity contribution in [2.75, 3.05) is 10.6 Å². The maximum absolute atomic E-state index is 13.5. The van der Waals surface area contributed by atoms with Gasteiger partial charge in [-0.1, -0.05) is 0 Å². The van der Waals surface area contributed by atoms with Crippen molar-refractivity contribution in [3.63, 3.8) is 0 Å². The van der Waals surface area contributed by atoms with Crippen molar-refractivity contribution in [2.24, 2.45) is 0 Å². The van der Waals surface area contributed by atoms with Crippen LogP contribution in [0.5, 0.6) is 0 Å². The molecule has 0 bridgehead atoms. The Labute approximate surface area is 123 Å². The SMILES string of the molecule is CC(=O)Nc1cc(NC(=O)c2ccc([N+](=O)[O-])o2)ccc1F. The van der Waals surface area contributed by atoms with Gasteiger partial charge in [-0.2, -0.15) is 0 Å². The van der Waals surface area contributed by atoms with Crippen molar-refractivity contribution >= 4 is 29.1 Å². The highest BCUT2D eigenvalue weighted by molar-refractivity contribution is 6.03. The van der Waals surface area contributed by atoms with Gasteiger partial charge in [0.1, 0.15) is 10.7 Å². The molecule has 0 saturated heterocycles. The van der Waals surface area contributed by atoms with Crippen molar-refractivity contribution in [1.29, 1.82) is 0 Å². The van der Waals surface area contributed by atoms with E-state index in [1.165, 1.54) is 19.1 Å². The summed E-state index contributed by atoms with van der Waals surface area (Å²) >= 11 is 0. The minimum absolute atomic E-state index is 0.101. The van der Waals surface area contributed by atoms with Gasteiger partial charge in [0.2, 0.25) is 5.91 Å². The van der Waals surface area contributed by atoms with E-state index in [4.69, 9.17) is 4.42 Å². The number of furan rings is 1. The molecule has 2 N–H and O–H groups in total. The summed E-state index contributed by atoms with van der Waals surface area (Å²) in [7, 11) is 0. The Morgan fingerprint density at radius 2 is 1.95 bits per heavy atom. The van der Waals surface area contributed by atoms with E-state index < -0.39 is 28.4 Å². The first kappa shape index (κ1) is 15.2. The van der Waals surface area contributed by atoms with Crippen molar-refractivity contribution in [1.82, 2.24) is 0 Å². The number of anilines is 2. The normalized spacial score (nSPS) is 10.1. The van der Waals surface area contributed by atoms with Crippen LogP contribution in [0.3, 0.4) is 0 Å². The molecule has 114 valence electrons. The lowest BCUT2D eigenvalue weighted by Crippen LogP contribution is -2.12. The van der Waals surface area contributed by atoms with Crippen LogP contribution in [0.4, 0.5) is 21.6 Å². The number of nitrogens with zero attached hydrogens (tertiary/aromatic N) is 1. The van der Waals surface area contributed by atoms with Crippen molar-refractivity contribution in [3.8, 4) is 0 Å². The Hall–Kier alpha value is -3.23. The van der Waals surface area contributed by atoms with Gasteiger partial charge >= 0.3 is 5.88 Å². The summed E-state index contributed by atoms with van der Waals surface area (Å²) < 4.78 is 18.2. The predicted octanol–water partition coefficient (Wildman–Crippen LogP) is 2.54. The third-order valence-electron chi connectivity index (χ3n) is 2.53. The molecule has 2 amide bonds. The monoisotopic (exact) mass is 307 g/mol. The molecule has 1 aromatic carbocycles. The van der Waals surface area contributed by atoms with Gasteiger partial charge in [-0.15, -0.1) is 0 Å². The fraction of sp³-hybridized carbons (Fsp3) is 0.0769. The average Bonchev–Trinajstić information content (AvgIpc) is 2.92. The number of hydrogen-bond acceptors (Lipinski definition) is 5. The van der Waals surface area contributed by atoms with E-state index >= 15 is 0 Å². The summed E-state index contributed by atoms with van der Waals surface area (Å²) in [6.07, 6.45) is 0. The molecule has 0 fully saturated rings. The van der Waals surface area contributed by atoms with Crippen LogP contribution in [-0.2, 0) is 4.79 Å². The minimum Gasteiger partial charge on any atom is -0.395 e. The molecule has 22 heavy (non-hydrogen) atoms. The summed E-state index contributed by atoms with van der Waals surface area (Å²) in [6, 6.07) is 5.74. The van der Waals surface area contributed by atoms with Crippen LogP contribution >= 0.6 is 0 Å². The summed E-state index contributed by atoms with van der Waals surface area (Å²) in [5.41, 5.74) is 0.0879. The lowest BCUT2D eigenvalue weighted by Gasteiger charge is -2.07. The number of amides is 2. The molecular weight excluding hydrogens is 297 g/mol. The summed E-state index contributed by atoms with van der Waals surface area (Å²) in [5, 5.41) is 15.1. The van der Waals surface area contributed by atoms with Crippen molar-refractivity contribution in [2.45, 2.75) is 6.92 Å². The number of rotatable bonds is 4. The predicted molar refractivity (Wildman–Crippen MR) is 74.0 cm³/mol. The zero-order valence-corrected chi connectivity index (χ0v) is 11.3. The van der Waals surface area contributed by atoms with Crippen LogP contribution in [0.15, 0.2) is 34.7 Å². The van der Waals surface area contributed by atoms with Gasteiger partial charge in [0, 0.05) is 12.6 Å². The first-order valence-corrected chi connectivity index (χ1v) is 5.99. The van der Waals surface area contributed by atoms with Gasteiger partial charge in [0.25, 0.3) is 5.91 Å². The summed E-state index contributed by atoms with van der Waals surface area (Å²) in [5.74, 6) is -2.71. The van der Waals surface area contributed by atoms with E-state index in [-0.39, 0.29) is 17.1 Å². The maximum Gasteiger partial charge on any atom is 0.433 e. The van der Waals surface area contributed by atoms with Gasteiger partial charge in [0.15, 0.2) is 5.76 Å². The Balaban J connectivity index is 2.17. The first-order valence-electron chi connectivity index (χ1n) is 5.99. The van der Waals surface area contributed by atoms with Crippen LogP contribution in [0.1, 0.15) is 17.5 Å². The topological polar surface area (TPSA) is 114 Å². The number of nitrogens with one attached hydrogen (secondary N) is 2. The lowest BCUT2D eigenvalue weighted by atomic mass is 10.2. The second-order valence-electron chi connectivity index (χ2n) is 4.22. The highest BCUT2D eigenvalue weighted by atomic mass is 19.1. The van der Waals surface area contributed by atoms with E-state index in [1.807, 2.05) is 0 Å². The summed E-state index contributed by atoms with van der Waals surface area (Å²) in [4.78, 5) is 32.5. The fourth-order valence-corrected chi connectivity index (χ4v) is 1.63. The summed E-state index contributed by atoms with van der Waals surface area (Å²) in [6.45, 7) is 1.21. The maximum atomic E-state index is 13.5. The van der Waals surface area contributed by atoms with Gasteiger partial charge in [-0.05, 0) is 24.3 Å². The van der Waals surface area contributed by atoms with Gasteiger partial charge in [-0.3, -0.25) is 19.7 Å². The van der Waals surface area contributed by atoms with Crippen molar-refractivity contribution < 1.29 is 23.3 Å². The molecule has 2 aromatic rings. The van der Waals surface area contributed by atoms with Gasteiger partial charge in [-0.25, -0.2) is 4.39 Å². The lowest BCUT2D eigenvalue weighted by molar-refractivity contribution is -0.402. The largest absolute Gasteiger partial charge is 0.433 e. The van der Waals surface area contributed by atoms with Crippen LogP contribution in [0.2, 0.25) is 0 Å². The number of carbonyl (C=O) groups is 2. The highest BCUT2D eigenvalue weighted by Crippen LogP contribution is 2.21. The van der Waals surface area contributed by atoms with Crippen LogP contribution in [0, 0.1) is 15.9 Å². The minimum atomic E-state index is -0.774. The Kier molecular flexibility index (Phi) is 4.16. The molecule has 0 aliphatic carbocycles. The van der Waals surface area contributed by atoms with Crippen molar-refractivity contribution in [3.05, 3.63) is 52.0 Å². The molecule has 1 aromatic heterocycles. The molecule has 1 heterocycles. The van der Waals surface area contributed by atoms with E-state index in [2.05, 4.69) is 10.6 Å². The first-order chi connectivity index (χ1) is 10.4. The van der Waals surface area contributed by atoms with Crippen LogP contribution in [-0.4, -0.2) is 16.7 Å². The zero-order valence-electron chi connectivity index (χ0n) is 11.3. The molecule has 0 saturated carbocycles. The van der Waals surface area contributed by atoms with E-state index in [9.17, 15) is 24.1 Å². The second kappa shape index (κ2) is 6.04. The Morgan fingerprint density at radius 1 is 1.23 bits per heavy atom. The molecule has 0 aliphatic rings. The molecule has 0 aliphatic heterocycles. The Bertz CT molecular complexity index is 756. The molecule has 0 unspecified atom stereocenters. The molecule has 0 radical (unpaired) electrons. The van der Waals surface area contributed by atoms with Gasteiger partial charge in [0.05, 0.1) is 11.8 Å². The fourth-order valence-electron chi connectivity index (χ4n) is 1.63. The van der Waals surface area contributed by atoms with E-state index in [0.29, 0.717) is 0 Å². The molecule has 8 nitrogen and oxygen atoms in total. The number of carbonyl (C=O) groups excluding carboxylic acids is 2. The number of nitro groups is 1. The Morgan fingerprint density at radius 3 is 2.55 bits per heavy atom. The quantitative estimate of drug-likeness (QED) is 0.665. The van der Waals surface area contributed by atoms with Crippen LogP contribution < -0.4 is 10.6 Å². The third kappa shape index (κ3) is 3.45. The smallest absolute Gasteiger partial charge is 0.395 e. The number of hydrogen-bond donors (Lipinski definition) is 2. The van der Waals surface area contributed by atoms with Gasteiger partial charge < -0.3 is 15.1 Å². The number of benzene rings is 1. The zero-order chi connectivity index (χ0) is 16.3. The molecule has 9 heteroatoms.